The molecule has 0 saturated carbocycles. The van der Waals surface area contributed by atoms with E-state index in [0.717, 1.165) is 29.2 Å². The number of phenols is 1. The minimum absolute atomic E-state index is 0. The van der Waals surface area contributed by atoms with Gasteiger partial charge in [0.1, 0.15) is 11.5 Å². The molecule has 28 heavy (non-hydrogen) atoms. The molecule has 0 aliphatic carbocycles. The van der Waals surface area contributed by atoms with Crippen molar-refractivity contribution in [1.29, 1.82) is 0 Å². The molecule has 8 heteroatoms. The van der Waals surface area contributed by atoms with E-state index in [0.29, 0.717) is 24.8 Å². The summed E-state index contributed by atoms with van der Waals surface area (Å²) in [6.45, 7) is 3.56. The van der Waals surface area contributed by atoms with Gasteiger partial charge in [0.15, 0.2) is 17.5 Å². The molecule has 0 aromatic heterocycles. The molecule has 154 valence electrons. The lowest BCUT2D eigenvalue weighted by atomic mass is 10.2. The number of benzene rings is 2. The fraction of sp³-hybridized carbons (Fsp3) is 0.350. The van der Waals surface area contributed by atoms with Crippen molar-refractivity contribution in [3.63, 3.8) is 0 Å². The molecule has 2 rings (SSSR count). The monoisotopic (exact) mass is 501 g/mol. The first-order valence-corrected chi connectivity index (χ1v) is 8.70. The molecule has 0 aliphatic heterocycles. The number of hydrogen-bond donors (Lipinski definition) is 3. The van der Waals surface area contributed by atoms with E-state index < -0.39 is 0 Å². The van der Waals surface area contributed by atoms with Gasteiger partial charge in [0.05, 0.1) is 27.9 Å². The number of hydrogen-bond acceptors (Lipinski definition) is 5. The molecular weight excluding hydrogens is 473 g/mol. The molecule has 7 nitrogen and oxygen atoms in total. The van der Waals surface area contributed by atoms with Gasteiger partial charge < -0.3 is 30.0 Å². The maximum Gasteiger partial charge on any atom is 0.191 e. The Labute approximate surface area is 183 Å². The average Bonchev–Trinajstić information content (AvgIpc) is 2.70. The summed E-state index contributed by atoms with van der Waals surface area (Å²) in [5.74, 6) is 2.66. The number of phenolic OH excluding ortho intramolecular Hbond substituents is 1. The summed E-state index contributed by atoms with van der Waals surface area (Å²) in [7, 11) is 4.77. The van der Waals surface area contributed by atoms with E-state index in [2.05, 4.69) is 15.6 Å². The Morgan fingerprint density at radius 1 is 0.964 bits per heavy atom. The molecule has 0 spiro atoms. The minimum atomic E-state index is 0. The fourth-order valence-electron chi connectivity index (χ4n) is 2.54. The lowest BCUT2D eigenvalue weighted by Gasteiger charge is -2.14. The summed E-state index contributed by atoms with van der Waals surface area (Å²) in [6.07, 6.45) is 0. The Balaban J connectivity index is 0.00000392. The summed E-state index contributed by atoms with van der Waals surface area (Å²) >= 11 is 0. The standard InChI is InChI=1S/C20H27N3O4.HI/c1-5-21-20(23-13-15-7-6-8-17(26-3)19(15)24)22-12-14-9-10-16(25-2)11-18(14)27-4;/h6-11,24H,5,12-13H2,1-4H3,(H2,21,22,23);1H. The third-order valence-corrected chi connectivity index (χ3v) is 3.99. The molecule has 0 fully saturated rings. The molecule has 0 atom stereocenters. The van der Waals surface area contributed by atoms with Crippen molar-refractivity contribution in [3.05, 3.63) is 47.5 Å². The van der Waals surface area contributed by atoms with Crippen molar-refractivity contribution >= 4 is 29.9 Å². The van der Waals surface area contributed by atoms with Crippen LogP contribution in [-0.2, 0) is 13.1 Å². The van der Waals surface area contributed by atoms with E-state index in [-0.39, 0.29) is 29.7 Å². The zero-order valence-corrected chi connectivity index (χ0v) is 18.9. The van der Waals surface area contributed by atoms with Crippen molar-refractivity contribution in [2.24, 2.45) is 4.99 Å². The van der Waals surface area contributed by atoms with Crippen molar-refractivity contribution in [2.45, 2.75) is 20.0 Å². The van der Waals surface area contributed by atoms with Crippen molar-refractivity contribution < 1.29 is 19.3 Å². The molecule has 0 aliphatic rings. The normalized spacial score (nSPS) is 10.6. The van der Waals surface area contributed by atoms with Crippen LogP contribution < -0.4 is 24.8 Å². The van der Waals surface area contributed by atoms with Gasteiger partial charge in [-0.3, -0.25) is 0 Å². The summed E-state index contributed by atoms with van der Waals surface area (Å²) in [5, 5.41) is 16.6. The second-order valence-corrected chi connectivity index (χ2v) is 5.69. The molecule has 0 unspecified atom stereocenters. The van der Waals surface area contributed by atoms with E-state index in [1.807, 2.05) is 37.3 Å². The van der Waals surface area contributed by atoms with E-state index in [9.17, 15) is 5.11 Å². The molecule has 2 aromatic carbocycles. The topological polar surface area (TPSA) is 84.3 Å². The molecular formula is C20H28IN3O4. The maximum absolute atomic E-state index is 10.2. The second-order valence-electron chi connectivity index (χ2n) is 5.69. The Morgan fingerprint density at radius 3 is 2.36 bits per heavy atom. The zero-order valence-electron chi connectivity index (χ0n) is 16.6. The van der Waals surface area contributed by atoms with Crippen LogP contribution in [0.15, 0.2) is 41.4 Å². The minimum Gasteiger partial charge on any atom is -0.504 e. The molecule has 0 amide bonds. The third-order valence-electron chi connectivity index (χ3n) is 3.99. The highest BCUT2D eigenvalue weighted by Crippen LogP contribution is 2.29. The van der Waals surface area contributed by atoms with E-state index in [4.69, 9.17) is 14.2 Å². The van der Waals surface area contributed by atoms with Crippen LogP contribution in [0.5, 0.6) is 23.0 Å². The van der Waals surface area contributed by atoms with Crippen LogP contribution in [0.4, 0.5) is 0 Å². The second kappa shape index (κ2) is 12.2. The predicted octanol–water partition coefficient (Wildman–Crippen LogP) is 3.29. The lowest BCUT2D eigenvalue weighted by molar-refractivity contribution is 0.370. The van der Waals surface area contributed by atoms with Crippen LogP contribution >= 0.6 is 24.0 Å². The van der Waals surface area contributed by atoms with Crippen LogP contribution in [0.3, 0.4) is 0 Å². The third kappa shape index (κ3) is 6.36. The fourth-order valence-corrected chi connectivity index (χ4v) is 2.54. The highest BCUT2D eigenvalue weighted by Gasteiger charge is 2.09. The van der Waals surface area contributed by atoms with Crippen LogP contribution in [0.25, 0.3) is 0 Å². The van der Waals surface area contributed by atoms with Crippen LogP contribution in [-0.4, -0.2) is 38.9 Å². The predicted molar refractivity (Wildman–Crippen MR) is 121 cm³/mol. The van der Waals surface area contributed by atoms with Crippen molar-refractivity contribution in [2.75, 3.05) is 27.9 Å². The Kier molecular flexibility index (Phi) is 10.3. The van der Waals surface area contributed by atoms with Gasteiger partial charge in [-0.25, -0.2) is 4.99 Å². The van der Waals surface area contributed by atoms with Crippen LogP contribution in [0, 0.1) is 0 Å². The van der Waals surface area contributed by atoms with Gasteiger partial charge >= 0.3 is 0 Å². The van der Waals surface area contributed by atoms with Gasteiger partial charge in [0, 0.05) is 30.3 Å². The van der Waals surface area contributed by atoms with Crippen LogP contribution in [0.2, 0.25) is 0 Å². The molecule has 0 bridgehead atoms. The number of para-hydroxylation sites is 1. The number of rotatable bonds is 8. The Morgan fingerprint density at radius 2 is 1.71 bits per heavy atom. The van der Waals surface area contributed by atoms with Gasteiger partial charge in [-0.2, -0.15) is 0 Å². The van der Waals surface area contributed by atoms with Gasteiger partial charge in [0.2, 0.25) is 0 Å². The quantitative estimate of drug-likeness (QED) is 0.293. The van der Waals surface area contributed by atoms with Gasteiger partial charge in [0.25, 0.3) is 0 Å². The molecule has 2 aromatic rings. The van der Waals surface area contributed by atoms with Crippen molar-refractivity contribution in [3.8, 4) is 23.0 Å². The maximum atomic E-state index is 10.2. The van der Waals surface area contributed by atoms with E-state index in [1.165, 1.54) is 7.11 Å². The number of aromatic hydroxyl groups is 1. The molecule has 0 radical (unpaired) electrons. The SMILES string of the molecule is CCNC(=NCc1ccc(OC)cc1OC)NCc1cccc(OC)c1O.I. The summed E-state index contributed by atoms with van der Waals surface area (Å²) in [5.41, 5.74) is 1.67. The van der Waals surface area contributed by atoms with E-state index >= 15 is 0 Å². The smallest absolute Gasteiger partial charge is 0.191 e. The van der Waals surface area contributed by atoms with Gasteiger partial charge in [-0.05, 0) is 25.1 Å². The Hall–Kier alpha value is -2.36. The Bertz CT molecular complexity index is 784. The summed E-state index contributed by atoms with van der Waals surface area (Å²) in [4.78, 5) is 4.60. The highest BCUT2D eigenvalue weighted by atomic mass is 127. The summed E-state index contributed by atoms with van der Waals surface area (Å²) in [6, 6.07) is 11.0. The van der Waals surface area contributed by atoms with Gasteiger partial charge in [-0.1, -0.05) is 12.1 Å². The molecule has 3 N–H and O–H groups in total. The lowest BCUT2D eigenvalue weighted by Crippen LogP contribution is -2.36. The first kappa shape index (κ1) is 23.7. The summed E-state index contributed by atoms with van der Waals surface area (Å²) < 4.78 is 15.8. The number of guanidine groups is 1. The molecule has 0 heterocycles. The first-order valence-electron chi connectivity index (χ1n) is 8.70. The van der Waals surface area contributed by atoms with Crippen LogP contribution in [0.1, 0.15) is 18.1 Å². The number of nitrogens with one attached hydrogen (secondary N) is 2. The number of halogens is 1. The largest absolute Gasteiger partial charge is 0.504 e. The van der Waals surface area contributed by atoms with Crippen molar-refractivity contribution in [1.82, 2.24) is 10.6 Å². The highest BCUT2D eigenvalue weighted by molar-refractivity contribution is 14.0. The molecule has 0 saturated heterocycles. The number of ether oxygens (including phenoxy) is 3. The average molecular weight is 501 g/mol. The zero-order chi connectivity index (χ0) is 19.6. The number of aliphatic imine (C=N–C) groups is 1. The number of nitrogens with zero attached hydrogens (tertiary/aromatic N) is 1. The van der Waals surface area contributed by atoms with Gasteiger partial charge in [-0.15, -0.1) is 24.0 Å². The van der Waals surface area contributed by atoms with E-state index in [1.54, 1.807) is 20.3 Å². The number of methoxy groups -OCH3 is 3. The first-order chi connectivity index (χ1) is 13.1.